The summed E-state index contributed by atoms with van der Waals surface area (Å²) < 4.78 is 8.30. The first-order valence-corrected chi connectivity index (χ1v) is 6.31. The van der Waals surface area contributed by atoms with E-state index in [1.807, 2.05) is 18.2 Å². The zero-order valence-electron chi connectivity index (χ0n) is 10.9. The second-order valence-corrected chi connectivity index (χ2v) is 4.57. The fourth-order valence-electron chi connectivity index (χ4n) is 2.04. The van der Waals surface area contributed by atoms with E-state index in [4.69, 9.17) is 4.42 Å². The lowest BCUT2D eigenvalue weighted by Gasteiger charge is -2.02. The number of oxazole rings is 1. The summed E-state index contributed by atoms with van der Waals surface area (Å²) in [6.45, 7) is 2.53. The molecule has 2 heterocycles. The summed E-state index contributed by atoms with van der Waals surface area (Å²) in [5, 5.41) is 17.1. The lowest BCUT2D eigenvalue weighted by Crippen LogP contribution is -2.18. The number of aromatic nitrogens is 4. The van der Waals surface area contributed by atoms with Crippen LogP contribution < -0.4 is 5.76 Å². The minimum atomic E-state index is -0.652. The fourth-order valence-corrected chi connectivity index (χ4v) is 2.04. The summed E-state index contributed by atoms with van der Waals surface area (Å²) >= 11 is 0. The normalized spacial score (nSPS) is 12.9. The highest BCUT2D eigenvalue weighted by Gasteiger charge is 2.10. The molecule has 2 aromatic heterocycles. The predicted molar refractivity (Wildman–Crippen MR) is 71.1 cm³/mol. The smallest absolute Gasteiger partial charge is 0.408 e. The number of fused-ring (bicyclic) bond motifs is 1. The third-order valence-corrected chi connectivity index (χ3v) is 3.11. The first-order valence-electron chi connectivity index (χ1n) is 6.31. The second kappa shape index (κ2) is 4.93. The van der Waals surface area contributed by atoms with Crippen molar-refractivity contribution in [1.29, 1.82) is 0 Å². The third-order valence-electron chi connectivity index (χ3n) is 3.11. The molecule has 3 aromatic rings. The molecular weight excluding hydrogens is 260 g/mol. The van der Waals surface area contributed by atoms with Crippen molar-refractivity contribution in [1.82, 2.24) is 19.6 Å². The van der Waals surface area contributed by atoms with E-state index in [-0.39, 0.29) is 5.76 Å². The van der Waals surface area contributed by atoms with E-state index in [0.29, 0.717) is 24.4 Å². The van der Waals surface area contributed by atoms with Gasteiger partial charge in [0, 0.05) is 6.54 Å². The number of rotatable bonds is 4. The maximum Gasteiger partial charge on any atom is 0.420 e. The molecule has 1 atom stereocenters. The molecule has 20 heavy (non-hydrogen) atoms. The van der Waals surface area contributed by atoms with Crippen LogP contribution in [0.25, 0.3) is 11.1 Å². The number of aliphatic hydroxyl groups excluding tert-OH is 1. The number of aliphatic hydroxyl groups is 1. The summed E-state index contributed by atoms with van der Waals surface area (Å²) in [6, 6.07) is 7.27. The van der Waals surface area contributed by atoms with Gasteiger partial charge in [0.05, 0.1) is 24.4 Å². The van der Waals surface area contributed by atoms with Crippen molar-refractivity contribution in [3.63, 3.8) is 0 Å². The van der Waals surface area contributed by atoms with Gasteiger partial charge in [0.2, 0.25) is 0 Å². The number of hydrogen-bond donors (Lipinski definition) is 1. The molecule has 1 unspecified atom stereocenters. The van der Waals surface area contributed by atoms with Crippen molar-refractivity contribution < 1.29 is 9.52 Å². The summed E-state index contributed by atoms with van der Waals surface area (Å²) in [4.78, 5) is 11.8. The summed E-state index contributed by atoms with van der Waals surface area (Å²) in [7, 11) is 0. The maximum atomic E-state index is 11.8. The Morgan fingerprint density at radius 1 is 1.35 bits per heavy atom. The van der Waals surface area contributed by atoms with Crippen LogP contribution in [0.5, 0.6) is 0 Å². The van der Waals surface area contributed by atoms with E-state index in [1.54, 1.807) is 28.4 Å². The Morgan fingerprint density at radius 2 is 2.15 bits per heavy atom. The third kappa shape index (κ3) is 2.23. The monoisotopic (exact) mass is 274 g/mol. The molecule has 0 saturated heterocycles. The van der Waals surface area contributed by atoms with E-state index in [9.17, 15) is 9.90 Å². The summed E-state index contributed by atoms with van der Waals surface area (Å²) in [5.41, 5.74) is 1.84. The average molecular weight is 274 g/mol. The van der Waals surface area contributed by atoms with Crippen LogP contribution in [0.4, 0.5) is 0 Å². The number of nitrogens with zero attached hydrogens (tertiary/aromatic N) is 4. The number of para-hydroxylation sites is 2. The molecule has 0 spiro atoms. The standard InChI is InChI=1S/C13H14N4O3/c1-9(18)10-8-16(15-14-10)6-7-17-11-4-2-3-5-12(11)20-13(17)19/h2-5,8-9,18H,6-7H2,1H3. The van der Waals surface area contributed by atoms with Gasteiger partial charge in [0.1, 0.15) is 5.69 Å². The molecule has 1 aromatic carbocycles. The fraction of sp³-hybridized carbons (Fsp3) is 0.308. The van der Waals surface area contributed by atoms with Crippen molar-refractivity contribution in [3.8, 4) is 0 Å². The average Bonchev–Trinajstić information content (AvgIpc) is 3.00. The molecule has 0 bridgehead atoms. The molecule has 0 saturated carbocycles. The van der Waals surface area contributed by atoms with Gasteiger partial charge in [-0.15, -0.1) is 5.10 Å². The second-order valence-electron chi connectivity index (χ2n) is 4.57. The van der Waals surface area contributed by atoms with Gasteiger partial charge in [-0.25, -0.2) is 4.79 Å². The first kappa shape index (κ1) is 12.6. The highest BCUT2D eigenvalue weighted by Crippen LogP contribution is 2.12. The van der Waals surface area contributed by atoms with Crippen LogP contribution in [-0.4, -0.2) is 24.7 Å². The molecule has 1 N–H and O–H groups in total. The van der Waals surface area contributed by atoms with Crippen LogP contribution in [0.3, 0.4) is 0 Å². The molecule has 7 heteroatoms. The van der Waals surface area contributed by atoms with E-state index in [0.717, 1.165) is 5.52 Å². The van der Waals surface area contributed by atoms with Gasteiger partial charge < -0.3 is 9.52 Å². The van der Waals surface area contributed by atoms with E-state index < -0.39 is 6.10 Å². The van der Waals surface area contributed by atoms with Gasteiger partial charge in [0.15, 0.2) is 5.58 Å². The van der Waals surface area contributed by atoms with Gasteiger partial charge in [-0.05, 0) is 19.1 Å². The van der Waals surface area contributed by atoms with Crippen molar-refractivity contribution in [2.24, 2.45) is 0 Å². The molecule has 0 radical (unpaired) electrons. The highest BCUT2D eigenvalue weighted by molar-refractivity contribution is 5.72. The van der Waals surface area contributed by atoms with Crippen molar-refractivity contribution in [2.75, 3.05) is 0 Å². The predicted octanol–water partition coefficient (Wildman–Crippen LogP) is 0.939. The molecular formula is C13H14N4O3. The van der Waals surface area contributed by atoms with Gasteiger partial charge >= 0.3 is 5.76 Å². The molecule has 3 rings (SSSR count). The number of benzene rings is 1. The number of hydrogen-bond acceptors (Lipinski definition) is 5. The van der Waals surface area contributed by atoms with Crippen LogP contribution in [0.1, 0.15) is 18.7 Å². The van der Waals surface area contributed by atoms with Crippen molar-refractivity contribution in [2.45, 2.75) is 26.1 Å². The lowest BCUT2D eigenvalue weighted by molar-refractivity contribution is 0.194. The molecule has 0 fully saturated rings. The summed E-state index contributed by atoms with van der Waals surface area (Å²) in [6.07, 6.45) is 1.01. The van der Waals surface area contributed by atoms with Crippen LogP contribution >= 0.6 is 0 Å². The zero-order chi connectivity index (χ0) is 14.1. The number of aryl methyl sites for hydroxylation is 2. The van der Waals surface area contributed by atoms with Gasteiger partial charge in [-0.1, -0.05) is 17.3 Å². The van der Waals surface area contributed by atoms with Crippen LogP contribution in [-0.2, 0) is 13.1 Å². The first-order chi connectivity index (χ1) is 9.65. The largest absolute Gasteiger partial charge is 0.420 e. The van der Waals surface area contributed by atoms with E-state index in [1.165, 1.54) is 0 Å². The van der Waals surface area contributed by atoms with Gasteiger partial charge in [-0.2, -0.15) is 0 Å². The van der Waals surface area contributed by atoms with Crippen LogP contribution in [0.15, 0.2) is 39.7 Å². The molecule has 0 aliphatic rings. The Kier molecular flexibility index (Phi) is 3.11. The quantitative estimate of drug-likeness (QED) is 0.765. The van der Waals surface area contributed by atoms with Gasteiger partial charge in [-0.3, -0.25) is 9.25 Å². The Hall–Kier alpha value is -2.41. The van der Waals surface area contributed by atoms with Crippen molar-refractivity contribution >= 4 is 11.1 Å². The van der Waals surface area contributed by atoms with Gasteiger partial charge in [0.25, 0.3) is 0 Å². The van der Waals surface area contributed by atoms with E-state index in [2.05, 4.69) is 10.3 Å². The van der Waals surface area contributed by atoms with E-state index >= 15 is 0 Å². The topological polar surface area (TPSA) is 86.1 Å². The molecule has 7 nitrogen and oxygen atoms in total. The van der Waals surface area contributed by atoms with Crippen molar-refractivity contribution in [3.05, 3.63) is 46.7 Å². The molecule has 0 aliphatic carbocycles. The maximum absolute atomic E-state index is 11.8. The molecule has 0 amide bonds. The zero-order valence-corrected chi connectivity index (χ0v) is 10.9. The SMILES string of the molecule is CC(O)c1cn(CCn2c(=O)oc3ccccc32)nn1. The lowest BCUT2D eigenvalue weighted by atomic mass is 10.3. The Labute approximate surface area is 114 Å². The van der Waals surface area contributed by atoms with Crippen LogP contribution in [0.2, 0.25) is 0 Å². The van der Waals surface area contributed by atoms with Crippen LogP contribution in [0, 0.1) is 0 Å². The highest BCUT2D eigenvalue weighted by atomic mass is 16.4. The Morgan fingerprint density at radius 3 is 2.90 bits per heavy atom. The Balaban J connectivity index is 1.83. The minimum absolute atomic E-state index is 0.387. The minimum Gasteiger partial charge on any atom is -0.408 e. The molecule has 0 aliphatic heterocycles. The Bertz CT molecular complexity index is 784. The molecule has 104 valence electrons. The summed E-state index contributed by atoms with van der Waals surface area (Å²) in [5.74, 6) is -0.387.